The summed E-state index contributed by atoms with van der Waals surface area (Å²) in [6.45, 7) is 1.55. The van der Waals surface area contributed by atoms with Gasteiger partial charge in [0.2, 0.25) is 5.75 Å². The van der Waals surface area contributed by atoms with E-state index < -0.39 is 12.1 Å². The number of H-pyrrole nitrogens is 1. The van der Waals surface area contributed by atoms with E-state index in [2.05, 4.69) is 4.98 Å². The Morgan fingerprint density at radius 3 is 2.28 bits per heavy atom. The predicted molar refractivity (Wildman–Crippen MR) is 91.4 cm³/mol. The Bertz CT molecular complexity index is 782. The van der Waals surface area contributed by atoms with Crippen LogP contribution in [0.4, 0.5) is 0 Å². The van der Waals surface area contributed by atoms with Crippen LogP contribution in [0.5, 0.6) is 17.2 Å². The second kappa shape index (κ2) is 7.45. The van der Waals surface area contributed by atoms with Crippen molar-refractivity contribution in [3.05, 3.63) is 29.1 Å². The zero-order chi connectivity index (χ0) is 18.7. The molecule has 25 heavy (non-hydrogen) atoms. The summed E-state index contributed by atoms with van der Waals surface area (Å²) in [6, 6.07) is 3.39. The van der Waals surface area contributed by atoms with Crippen molar-refractivity contribution in [2.24, 2.45) is 5.73 Å². The minimum absolute atomic E-state index is 0.0554. The standard InChI is InChI=1S/C17H22N2O6/c1-8(20)12-13(10(7-18)19-14(12)17(21)22)9-5-6-11(23-2)16(25-4)15(9)24-3/h5-6,8,19-20H,7,18H2,1-4H3,(H,21,22). The topological polar surface area (TPSA) is 127 Å². The number of aromatic nitrogens is 1. The van der Waals surface area contributed by atoms with Crippen LogP contribution in [0.1, 0.15) is 34.8 Å². The maximum absolute atomic E-state index is 11.6. The molecule has 0 spiro atoms. The number of hydrogen-bond donors (Lipinski definition) is 4. The molecule has 1 aromatic heterocycles. The van der Waals surface area contributed by atoms with Gasteiger partial charge in [0.1, 0.15) is 5.69 Å². The lowest BCUT2D eigenvalue weighted by atomic mass is 9.95. The number of aromatic amines is 1. The van der Waals surface area contributed by atoms with Crippen molar-refractivity contribution in [1.29, 1.82) is 0 Å². The Morgan fingerprint density at radius 1 is 1.20 bits per heavy atom. The first-order valence-corrected chi connectivity index (χ1v) is 7.56. The molecule has 2 aromatic rings. The number of ether oxygens (including phenoxy) is 3. The summed E-state index contributed by atoms with van der Waals surface area (Å²) in [7, 11) is 4.45. The summed E-state index contributed by atoms with van der Waals surface area (Å²) in [6.07, 6.45) is -1.03. The maximum atomic E-state index is 11.6. The van der Waals surface area contributed by atoms with Gasteiger partial charge in [0.25, 0.3) is 0 Å². The normalized spacial score (nSPS) is 11.9. The molecule has 5 N–H and O–H groups in total. The van der Waals surface area contributed by atoms with Crippen LogP contribution in [0.3, 0.4) is 0 Å². The Labute approximate surface area is 145 Å². The number of aliphatic hydroxyl groups is 1. The van der Waals surface area contributed by atoms with Crippen LogP contribution in [0.25, 0.3) is 11.1 Å². The van der Waals surface area contributed by atoms with E-state index >= 15 is 0 Å². The summed E-state index contributed by atoms with van der Waals surface area (Å²) >= 11 is 0. The molecule has 0 amide bonds. The highest BCUT2D eigenvalue weighted by molar-refractivity contribution is 5.93. The van der Waals surface area contributed by atoms with E-state index in [9.17, 15) is 15.0 Å². The Balaban J connectivity index is 2.88. The van der Waals surface area contributed by atoms with Gasteiger partial charge >= 0.3 is 5.97 Å². The van der Waals surface area contributed by atoms with Gasteiger partial charge in [0.15, 0.2) is 11.5 Å². The number of carboxylic acid groups (broad SMARTS) is 1. The Kier molecular flexibility index (Phi) is 5.55. The fraction of sp³-hybridized carbons (Fsp3) is 0.353. The molecule has 0 saturated carbocycles. The van der Waals surface area contributed by atoms with Crippen molar-refractivity contribution < 1.29 is 29.2 Å². The highest BCUT2D eigenvalue weighted by atomic mass is 16.5. The van der Waals surface area contributed by atoms with E-state index in [1.807, 2.05) is 0 Å². The molecule has 8 nitrogen and oxygen atoms in total. The van der Waals surface area contributed by atoms with Gasteiger partial charge in [-0.2, -0.15) is 0 Å². The van der Waals surface area contributed by atoms with Crippen LogP contribution in [-0.4, -0.2) is 42.5 Å². The van der Waals surface area contributed by atoms with Gasteiger partial charge in [-0.05, 0) is 19.1 Å². The molecule has 1 unspecified atom stereocenters. The molecule has 0 radical (unpaired) electrons. The molecule has 0 saturated heterocycles. The van der Waals surface area contributed by atoms with Gasteiger partial charge in [0.05, 0.1) is 27.4 Å². The zero-order valence-electron chi connectivity index (χ0n) is 14.5. The van der Waals surface area contributed by atoms with Crippen LogP contribution in [0, 0.1) is 0 Å². The molecule has 8 heteroatoms. The van der Waals surface area contributed by atoms with E-state index in [1.54, 1.807) is 12.1 Å². The molecular weight excluding hydrogens is 328 g/mol. The summed E-state index contributed by atoms with van der Waals surface area (Å²) in [4.78, 5) is 14.3. The van der Waals surface area contributed by atoms with Gasteiger partial charge < -0.3 is 35.1 Å². The van der Waals surface area contributed by atoms with E-state index in [0.29, 0.717) is 34.1 Å². The number of nitrogens with two attached hydrogens (primary N) is 1. The van der Waals surface area contributed by atoms with Crippen LogP contribution < -0.4 is 19.9 Å². The number of carboxylic acids is 1. The van der Waals surface area contributed by atoms with E-state index in [1.165, 1.54) is 28.3 Å². The number of aliphatic hydroxyl groups excluding tert-OH is 1. The van der Waals surface area contributed by atoms with Crippen molar-refractivity contribution in [2.75, 3.05) is 21.3 Å². The van der Waals surface area contributed by atoms with Crippen molar-refractivity contribution >= 4 is 5.97 Å². The quantitative estimate of drug-likeness (QED) is 0.601. The number of rotatable bonds is 7. The third kappa shape index (κ3) is 3.13. The van der Waals surface area contributed by atoms with Crippen molar-refractivity contribution in [3.63, 3.8) is 0 Å². The molecule has 0 aliphatic heterocycles. The van der Waals surface area contributed by atoms with Gasteiger partial charge in [-0.15, -0.1) is 0 Å². The summed E-state index contributed by atoms with van der Waals surface area (Å²) in [5.74, 6) is -0.00393. The molecule has 0 fully saturated rings. The highest BCUT2D eigenvalue weighted by Gasteiger charge is 2.28. The van der Waals surface area contributed by atoms with Gasteiger partial charge in [0, 0.05) is 28.9 Å². The van der Waals surface area contributed by atoms with Crippen LogP contribution >= 0.6 is 0 Å². The second-order valence-corrected chi connectivity index (χ2v) is 5.33. The fourth-order valence-electron chi connectivity index (χ4n) is 2.91. The zero-order valence-corrected chi connectivity index (χ0v) is 14.5. The number of methoxy groups -OCH3 is 3. The van der Waals surface area contributed by atoms with Gasteiger partial charge in [-0.3, -0.25) is 0 Å². The van der Waals surface area contributed by atoms with Crippen LogP contribution in [0.15, 0.2) is 12.1 Å². The molecule has 1 atom stereocenters. The lowest BCUT2D eigenvalue weighted by Gasteiger charge is -2.18. The van der Waals surface area contributed by atoms with E-state index in [0.717, 1.165) is 0 Å². The highest BCUT2D eigenvalue weighted by Crippen LogP contribution is 2.47. The third-order valence-corrected chi connectivity index (χ3v) is 3.93. The number of benzene rings is 1. The maximum Gasteiger partial charge on any atom is 0.352 e. The first-order chi connectivity index (χ1) is 11.9. The summed E-state index contributed by atoms with van der Waals surface area (Å²) in [5.41, 5.74) is 7.40. The number of nitrogens with one attached hydrogen (secondary N) is 1. The second-order valence-electron chi connectivity index (χ2n) is 5.33. The Morgan fingerprint density at radius 2 is 1.84 bits per heavy atom. The molecule has 136 valence electrons. The van der Waals surface area contributed by atoms with Crippen molar-refractivity contribution in [2.45, 2.75) is 19.6 Å². The Hall–Kier alpha value is -2.71. The number of hydrogen-bond acceptors (Lipinski definition) is 6. The predicted octanol–water partition coefficient (Wildman–Crippen LogP) is 1.92. The van der Waals surface area contributed by atoms with Crippen LogP contribution in [0.2, 0.25) is 0 Å². The minimum atomic E-state index is -1.18. The third-order valence-electron chi connectivity index (χ3n) is 3.93. The monoisotopic (exact) mass is 350 g/mol. The number of aromatic carboxylic acids is 1. The van der Waals surface area contributed by atoms with E-state index in [-0.39, 0.29) is 17.8 Å². The van der Waals surface area contributed by atoms with Crippen molar-refractivity contribution in [1.82, 2.24) is 4.98 Å². The summed E-state index contributed by atoms with van der Waals surface area (Å²) < 4.78 is 16.1. The molecule has 0 aliphatic carbocycles. The van der Waals surface area contributed by atoms with Gasteiger partial charge in [-0.1, -0.05) is 0 Å². The smallest absolute Gasteiger partial charge is 0.352 e. The molecule has 2 rings (SSSR count). The lowest BCUT2D eigenvalue weighted by Crippen LogP contribution is -2.05. The molecule has 1 aromatic carbocycles. The van der Waals surface area contributed by atoms with E-state index in [4.69, 9.17) is 19.9 Å². The average molecular weight is 350 g/mol. The first-order valence-electron chi connectivity index (χ1n) is 7.56. The minimum Gasteiger partial charge on any atom is -0.493 e. The molecule has 0 bridgehead atoms. The number of carbonyl (C=O) groups is 1. The molecule has 1 heterocycles. The molecule has 0 aliphatic rings. The largest absolute Gasteiger partial charge is 0.493 e. The molecular formula is C17H22N2O6. The van der Waals surface area contributed by atoms with Crippen LogP contribution in [-0.2, 0) is 6.54 Å². The average Bonchev–Trinajstić information content (AvgIpc) is 3.00. The first kappa shape index (κ1) is 18.6. The summed E-state index contributed by atoms with van der Waals surface area (Å²) in [5, 5.41) is 19.6. The fourth-order valence-corrected chi connectivity index (χ4v) is 2.91. The SMILES string of the molecule is COc1ccc(-c2c(CN)[nH]c(C(=O)O)c2C(C)O)c(OC)c1OC. The van der Waals surface area contributed by atoms with Crippen molar-refractivity contribution in [3.8, 4) is 28.4 Å². The van der Waals surface area contributed by atoms with Gasteiger partial charge in [-0.25, -0.2) is 4.79 Å². The lowest BCUT2D eigenvalue weighted by molar-refractivity contribution is 0.0684.